The maximum atomic E-state index is 12.3. The molecule has 0 aliphatic rings. The molecule has 0 atom stereocenters. The van der Waals surface area contributed by atoms with Crippen LogP contribution in [0.5, 0.6) is 0 Å². The number of hydrogen-bond donors (Lipinski definition) is 1. The molecule has 0 bridgehead atoms. The van der Waals surface area contributed by atoms with Crippen LogP contribution < -0.4 is 5.73 Å². The van der Waals surface area contributed by atoms with Gasteiger partial charge in [-0.15, -0.1) is 0 Å². The number of aromatic nitrogens is 4. The summed E-state index contributed by atoms with van der Waals surface area (Å²) in [6.07, 6.45) is 2.82. The summed E-state index contributed by atoms with van der Waals surface area (Å²) in [5.74, 6) is 0.333. The molecule has 2 rings (SSSR count). The molecule has 2 aromatic rings. The van der Waals surface area contributed by atoms with E-state index in [2.05, 4.69) is 10.2 Å². The molecule has 0 aromatic carbocycles. The minimum absolute atomic E-state index is 0.333. The van der Waals surface area contributed by atoms with Crippen molar-refractivity contribution in [1.82, 2.24) is 19.6 Å². The standard InChI is InChI=1S/C8H9F2N5/c1-5-6(4-15(12-5)8(9)10)14-3-2-7(11)13-14/h2-4,8H,1H3,(H2,11,13). The molecule has 2 N–H and O–H groups in total. The van der Waals surface area contributed by atoms with Gasteiger partial charge in [0.05, 0.1) is 11.9 Å². The van der Waals surface area contributed by atoms with Crippen molar-refractivity contribution in [2.45, 2.75) is 13.5 Å². The molecule has 2 heterocycles. The Morgan fingerprint density at radius 3 is 2.60 bits per heavy atom. The van der Waals surface area contributed by atoms with Crippen LogP contribution in [0.4, 0.5) is 14.6 Å². The number of nitrogens with zero attached hydrogens (tertiary/aromatic N) is 4. The summed E-state index contributed by atoms with van der Waals surface area (Å²) in [6.45, 7) is -1.02. The normalized spacial score (nSPS) is 11.2. The Morgan fingerprint density at radius 1 is 1.40 bits per heavy atom. The first kappa shape index (κ1) is 9.63. The molecular formula is C8H9F2N5. The highest BCUT2D eigenvalue weighted by Crippen LogP contribution is 2.16. The van der Waals surface area contributed by atoms with Gasteiger partial charge in [0.25, 0.3) is 0 Å². The Hall–Kier alpha value is -1.92. The van der Waals surface area contributed by atoms with Gasteiger partial charge in [-0.25, -0.2) is 9.36 Å². The zero-order chi connectivity index (χ0) is 11.0. The van der Waals surface area contributed by atoms with Gasteiger partial charge in [0.2, 0.25) is 0 Å². The second-order valence-corrected chi connectivity index (χ2v) is 3.04. The van der Waals surface area contributed by atoms with Crippen LogP contribution in [0, 0.1) is 6.92 Å². The van der Waals surface area contributed by atoms with Crippen molar-refractivity contribution in [1.29, 1.82) is 0 Å². The molecule has 0 unspecified atom stereocenters. The Kier molecular flexibility index (Phi) is 2.14. The van der Waals surface area contributed by atoms with Crippen LogP contribution in [0.2, 0.25) is 0 Å². The van der Waals surface area contributed by atoms with Crippen LogP contribution in [0.1, 0.15) is 12.2 Å². The van der Waals surface area contributed by atoms with Gasteiger partial charge >= 0.3 is 6.55 Å². The van der Waals surface area contributed by atoms with Crippen molar-refractivity contribution in [2.24, 2.45) is 0 Å². The monoisotopic (exact) mass is 213 g/mol. The Labute approximate surface area is 84.1 Å². The molecule has 80 valence electrons. The van der Waals surface area contributed by atoms with Gasteiger partial charge in [0, 0.05) is 12.3 Å². The van der Waals surface area contributed by atoms with E-state index in [-0.39, 0.29) is 0 Å². The minimum atomic E-state index is -2.65. The van der Waals surface area contributed by atoms with Crippen LogP contribution in [-0.4, -0.2) is 19.6 Å². The smallest absolute Gasteiger partial charge is 0.333 e. The second kappa shape index (κ2) is 3.34. The number of alkyl halides is 2. The molecule has 0 radical (unpaired) electrons. The third-order valence-electron chi connectivity index (χ3n) is 1.95. The lowest BCUT2D eigenvalue weighted by atomic mass is 10.4. The van der Waals surface area contributed by atoms with Gasteiger partial charge < -0.3 is 5.73 Å². The number of halogens is 2. The molecule has 0 fully saturated rings. The number of hydrogen-bond acceptors (Lipinski definition) is 3. The fourth-order valence-electron chi connectivity index (χ4n) is 1.27. The van der Waals surface area contributed by atoms with Gasteiger partial charge in [-0.3, -0.25) is 0 Å². The first-order valence-electron chi connectivity index (χ1n) is 4.23. The fourth-order valence-corrected chi connectivity index (χ4v) is 1.27. The topological polar surface area (TPSA) is 61.7 Å². The summed E-state index contributed by atoms with van der Waals surface area (Å²) >= 11 is 0. The van der Waals surface area contributed by atoms with Crippen molar-refractivity contribution >= 4 is 5.82 Å². The molecule has 0 amide bonds. The van der Waals surface area contributed by atoms with Crippen molar-refractivity contribution in [3.05, 3.63) is 24.2 Å². The predicted molar refractivity (Wildman–Crippen MR) is 49.8 cm³/mol. The average molecular weight is 213 g/mol. The highest BCUT2D eigenvalue weighted by atomic mass is 19.3. The Morgan fingerprint density at radius 2 is 2.13 bits per heavy atom. The maximum absolute atomic E-state index is 12.3. The zero-order valence-electron chi connectivity index (χ0n) is 7.93. The number of nitrogen functional groups attached to an aromatic ring is 1. The van der Waals surface area contributed by atoms with Gasteiger partial charge in [-0.2, -0.15) is 19.0 Å². The minimum Gasteiger partial charge on any atom is -0.382 e. The van der Waals surface area contributed by atoms with Crippen molar-refractivity contribution < 1.29 is 8.78 Å². The quantitative estimate of drug-likeness (QED) is 0.819. The summed E-state index contributed by atoms with van der Waals surface area (Å²) in [4.78, 5) is 0. The molecule has 2 aromatic heterocycles. The van der Waals surface area contributed by atoms with Crippen molar-refractivity contribution in [3.8, 4) is 5.69 Å². The average Bonchev–Trinajstić information content (AvgIpc) is 2.71. The number of nitrogens with two attached hydrogens (primary N) is 1. The van der Waals surface area contributed by atoms with Crippen LogP contribution in [0.25, 0.3) is 5.69 Å². The maximum Gasteiger partial charge on any atom is 0.333 e. The summed E-state index contributed by atoms with van der Waals surface area (Å²) in [6, 6.07) is 1.58. The molecule has 0 spiro atoms. The Bertz CT molecular complexity index is 473. The third-order valence-corrected chi connectivity index (χ3v) is 1.95. The van der Waals surface area contributed by atoms with E-state index in [1.54, 1.807) is 19.2 Å². The van der Waals surface area contributed by atoms with E-state index in [4.69, 9.17) is 5.73 Å². The van der Waals surface area contributed by atoms with Crippen LogP contribution >= 0.6 is 0 Å². The second-order valence-electron chi connectivity index (χ2n) is 3.04. The largest absolute Gasteiger partial charge is 0.382 e. The van der Waals surface area contributed by atoms with E-state index < -0.39 is 6.55 Å². The SMILES string of the molecule is Cc1nn(C(F)F)cc1-n1ccc(N)n1. The van der Waals surface area contributed by atoms with Gasteiger partial charge in [-0.05, 0) is 6.92 Å². The molecule has 15 heavy (non-hydrogen) atoms. The molecular weight excluding hydrogens is 204 g/mol. The van der Waals surface area contributed by atoms with E-state index >= 15 is 0 Å². The fraction of sp³-hybridized carbons (Fsp3) is 0.250. The molecule has 0 saturated carbocycles. The van der Waals surface area contributed by atoms with Crippen molar-refractivity contribution in [3.63, 3.8) is 0 Å². The van der Waals surface area contributed by atoms with E-state index in [1.807, 2.05) is 0 Å². The van der Waals surface area contributed by atoms with E-state index in [9.17, 15) is 8.78 Å². The molecule has 0 aliphatic heterocycles. The van der Waals surface area contributed by atoms with Crippen LogP contribution in [0.15, 0.2) is 18.5 Å². The first-order valence-corrected chi connectivity index (χ1v) is 4.23. The van der Waals surface area contributed by atoms with Gasteiger partial charge in [0.1, 0.15) is 11.5 Å². The third kappa shape index (κ3) is 1.67. The lowest BCUT2D eigenvalue weighted by Gasteiger charge is -1.96. The summed E-state index contributed by atoms with van der Waals surface area (Å²) in [5.41, 5.74) is 6.39. The van der Waals surface area contributed by atoms with Gasteiger partial charge in [-0.1, -0.05) is 0 Å². The molecule has 7 heteroatoms. The summed E-state index contributed by atoms with van der Waals surface area (Å²) in [7, 11) is 0. The lowest BCUT2D eigenvalue weighted by molar-refractivity contribution is 0.0563. The molecule has 5 nitrogen and oxygen atoms in total. The number of aryl methyl sites for hydroxylation is 1. The van der Waals surface area contributed by atoms with Crippen LogP contribution in [0.3, 0.4) is 0 Å². The summed E-state index contributed by atoms with van der Waals surface area (Å²) in [5, 5.41) is 7.57. The zero-order valence-corrected chi connectivity index (χ0v) is 7.93. The number of rotatable bonds is 2. The molecule has 0 aliphatic carbocycles. The van der Waals surface area contributed by atoms with Crippen LogP contribution in [-0.2, 0) is 0 Å². The van der Waals surface area contributed by atoms with E-state index in [0.717, 1.165) is 0 Å². The molecule has 0 saturated heterocycles. The Balaban J connectivity index is 2.44. The summed E-state index contributed by atoms with van der Waals surface area (Å²) < 4.78 is 26.7. The highest BCUT2D eigenvalue weighted by molar-refractivity contribution is 5.36. The van der Waals surface area contributed by atoms with Crippen molar-refractivity contribution in [2.75, 3.05) is 5.73 Å². The first-order chi connectivity index (χ1) is 7.08. The number of anilines is 1. The van der Waals surface area contributed by atoms with E-state index in [1.165, 1.54) is 10.9 Å². The van der Waals surface area contributed by atoms with Gasteiger partial charge in [0.15, 0.2) is 0 Å². The van der Waals surface area contributed by atoms with E-state index in [0.29, 0.717) is 21.9 Å². The lowest BCUT2D eigenvalue weighted by Crippen LogP contribution is -1.98. The highest BCUT2D eigenvalue weighted by Gasteiger charge is 2.12. The predicted octanol–water partition coefficient (Wildman–Crippen LogP) is 1.35.